The fourth-order valence-electron chi connectivity index (χ4n) is 1.05. The van der Waals surface area contributed by atoms with Crippen LogP contribution in [0.1, 0.15) is 6.92 Å². The zero-order chi connectivity index (χ0) is 9.68. The van der Waals surface area contributed by atoms with Gasteiger partial charge in [0.1, 0.15) is 0 Å². The number of hydrogen-bond acceptors (Lipinski definition) is 2. The Morgan fingerprint density at radius 3 is 2.54 bits per heavy atom. The number of anilines is 2. The number of para-hydroxylation sites is 2. The molecule has 2 radical (unpaired) electrons. The number of hydrogen-bond donors (Lipinski definition) is 2. The van der Waals surface area contributed by atoms with Crippen molar-refractivity contribution in [1.82, 2.24) is 0 Å². The van der Waals surface area contributed by atoms with Crippen LogP contribution in [0, 0.1) is 0 Å². The number of rotatable bonds is 3. The Hall–Kier alpha value is -0.978. The third kappa shape index (κ3) is 3.10. The fraction of sp³-hybridized carbons (Fsp3) is 0.222. The van der Waals surface area contributed by atoms with Crippen molar-refractivity contribution in [3.8, 4) is 0 Å². The van der Waals surface area contributed by atoms with Gasteiger partial charge < -0.3 is 10.6 Å². The van der Waals surface area contributed by atoms with E-state index < -0.39 is 0 Å². The SMILES string of the molecule is CC(=O)Nc1ccccc1N[CH2][Al]. The molecule has 0 spiro atoms. The van der Waals surface area contributed by atoms with Crippen LogP contribution >= 0.6 is 0 Å². The third-order valence-electron chi connectivity index (χ3n) is 1.53. The molecular formula is C9H11AlN2O. The van der Waals surface area contributed by atoms with E-state index in [9.17, 15) is 4.79 Å². The van der Waals surface area contributed by atoms with Crippen molar-refractivity contribution in [2.45, 2.75) is 6.92 Å². The highest BCUT2D eigenvalue weighted by Gasteiger charge is 2.00. The Morgan fingerprint density at radius 1 is 1.38 bits per heavy atom. The Bertz CT molecular complexity index is 301. The monoisotopic (exact) mass is 190 g/mol. The second kappa shape index (κ2) is 4.91. The summed E-state index contributed by atoms with van der Waals surface area (Å²) in [6, 6.07) is 7.60. The molecule has 0 saturated heterocycles. The van der Waals surface area contributed by atoms with Crippen LogP contribution in [0.25, 0.3) is 0 Å². The van der Waals surface area contributed by atoms with Crippen molar-refractivity contribution >= 4 is 33.6 Å². The average Bonchev–Trinajstić information content (AvgIpc) is 2.08. The van der Waals surface area contributed by atoms with Gasteiger partial charge in [0.2, 0.25) is 5.91 Å². The van der Waals surface area contributed by atoms with E-state index in [1.807, 2.05) is 24.3 Å². The maximum absolute atomic E-state index is 10.8. The quantitative estimate of drug-likeness (QED) is 0.703. The van der Waals surface area contributed by atoms with Crippen LogP contribution in [0.5, 0.6) is 0 Å². The number of carbonyl (C=O) groups excluding carboxylic acids is 1. The topological polar surface area (TPSA) is 41.1 Å². The summed E-state index contributed by atoms with van der Waals surface area (Å²) in [5, 5.41) is 6.64. The second-order valence-electron chi connectivity index (χ2n) is 2.61. The van der Waals surface area contributed by atoms with E-state index in [-0.39, 0.29) is 5.91 Å². The Balaban J connectivity index is 2.84. The predicted molar refractivity (Wildman–Crippen MR) is 55.0 cm³/mol. The zero-order valence-electron chi connectivity index (χ0n) is 7.50. The van der Waals surface area contributed by atoms with E-state index in [0.29, 0.717) is 0 Å². The molecule has 3 nitrogen and oxygen atoms in total. The standard InChI is InChI=1S/C9H11N2O.Al/c1-7(12)11-9-6-4-3-5-8(9)10-2;/h3-6,10H,2H2,1H3,(H,11,12);. The summed E-state index contributed by atoms with van der Waals surface area (Å²) in [5.74, 6) is -0.0574. The Kier molecular flexibility index (Phi) is 3.81. The molecule has 0 fully saturated rings. The Labute approximate surface area is 85.9 Å². The minimum absolute atomic E-state index is 0.0574. The van der Waals surface area contributed by atoms with Gasteiger partial charge in [-0.05, 0) is 12.1 Å². The van der Waals surface area contributed by atoms with Crippen LogP contribution in [0.15, 0.2) is 24.3 Å². The molecule has 1 amide bonds. The highest BCUT2D eigenvalue weighted by Crippen LogP contribution is 2.19. The van der Waals surface area contributed by atoms with Crippen LogP contribution in [-0.2, 0) is 4.79 Å². The van der Waals surface area contributed by atoms with Crippen molar-refractivity contribution < 1.29 is 4.79 Å². The van der Waals surface area contributed by atoms with Crippen LogP contribution in [0.4, 0.5) is 11.4 Å². The number of carbonyl (C=O) groups is 1. The molecule has 4 heteroatoms. The van der Waals surface area contributed by atoms with Crippen molar-refractivity contribution in [1.29, 1.82) is 0 Å². The van der Waals surface area contributed by atoms with Crippen LogP contribution in [0.3, 0.4) is 0 Å². The number of benzene rings is 1. The molecule has 0 aliphatic rings. The van der Waals surface area contributed by atoms with Crippen molar-refractivity contribution in [2.24, 2.45) is 0 Å². The largest absolute Gasteiger partial charge is 0.399 e. The lowest BCUT2D eigenvalue weighted by Gasteiger charge is -2.10. The van der Waals surface area contributed by atoms with Gasteiger partial charge >= 0.3 is 0 Å². The van der Waals surface area contributed by atoms with Crippen molar-refractivity contribution in [3.63, 3.8) is 0 Å². The highest BCUT2D eigenvalue weighted by molar-refractivity contribution is 6.10. The van der Waals surface area contributed by atoms with Crippen LogP contribution in [-0.4, -0.2) is 27.6 Å². The van der Waals surface area contributed by atoms with Gasteiger partial charge in [0.25, 0.3) is 0 Å². The lowest BCUT2D eigenvalue weighted by molar-refractivity contribution is -0.114. The number of nitrogens with one attached hydrogen (secondary N) is 2. The molecule has 13 heavy (non-hydrogen) atoms. The van der Waals surface area contributed by atoms with Gasteiger partial charge in [-0.1, -0.05) is 17.5 Å². The molecule has 1 aromatic rings. The molecule has 0 saturated carbocycles. The molecule has 0 aliphatic carbocycles. The van der Waals surface area contributed by atoms with E-state index in [1.165, 1.54) is 6.92 Å². The average molecular weight is 190 g/mol. The maximum atomic E-state index is 10.8. The molecule has 1 aromatic carbocycles. The molecule has 0 unspecified atom stereocenters. The molecular weight excluding hydrogens is 179 g/mol. The number of amides is 1. The molecule has 0 aromatic heterocycles. The van der Waals surface area contributed by atoms with Gasteiger partial charge in [-0.2, -0.15) is 0 Å². The molecule has 2 N–H and O–H groups in total. The van der Waals surface area contributed by atoms with Crippen molar-refractivity contribution in [3.05, 3.63) is 24.3 Å². The van der Waals surface area contributed by atoms with Gasteiger partial charge in [-0.25, -0.2) is 0 Å². The van der Waals surface area contributed by atoms with E-state index in [4.69, 9.17) is 0 Å². The minimum atomic E-state index is -0.0574. The van der Waals surface area contributed by atoms with Crippen molar-refractivity contribution in [2.75, 3.05) is 16.0 Å². The molecule has 0 aliphatic heterocycles. The summed E-state index contributed by atoms with van der Waals surface area (Å²) < 4.78 is 0. The zero-order valence-corrected chi connectivity index (χ0v) is 8.66. The first kappa shape index (κ1) is 10.1. The first-order chi connectivity index (χ1) is 6.24. The molecule has 0 atom stereocenters. The fourth-order valence-corrected chi connectivity index (χ4v) is 1.27. The normalized spacial score (nSPS) is 9.31. The second-order valence-corrected chi connectivity index (χ2v) is 3.02. The van der Waals surface area contributed by atoms with Gasteiger partial charge in [0.15, 0.2) is 16.3 Å². The predicted octanol–water partition coefficient (Wildman–Crippen LogP) is 1.18. The van der Waals surface area contributed by atoms with Gasteiger partial charge in [-0.15, -0.1) is 0 Å². The van der Waals surface area contributed by atoms with Gasteiger partial charge in [0.05, 0.1) is 11.4 Å². The summed E-state index contributed by atoms with van der Waals surface area (Å²) in [6.07, 6.45) is 0. The van der Waals surface area contributed by atoms with Gasteiger partial charge in [0, 0.05) is 6.92 Å². The summed E-state index contributed by atoms with van der Waals surface area (Å²) in [4.78, 5) is 10.8. The molecule has 66 valence electrons. The molecule has 0 bridgehead atoms. The molecule has 0 heterocycles. The van der Waals surface area contributed by atoms with Crippen LogP contribution in [0.2, 0.25) is 0 Å². The van der Waals surface area contributed by atoms with E-state index in [1.54, 1.807) is 0 Å². The summed E-state index contributed by atoms with van der Waals surface area (Å²) in [5.41, 5.74) is 1.75. The summed E-state index contributed by atoms with van der Waals surface area (Å²) >= 11 is 2.57. The first-order valence-corrected chi connectivity index (χ1v) is 4.86. The van der Waals surface area contributed by atoms with E-state index >= 15 is 0 Å². The molecule has 1 rings (SSSR count). The summed E-state index contributed by atoms with van der Waals surface area (Å²) in [6.45, 7) is 1.50. The highest BCUT2D eigenvalue weighted by atomic mass is 27.0. The van der Waals surface area contributed by atoms with Gasteiger partial charge in [-0.3, -0.25) is 4.79 Å². The lowest BCUT2D eigenvalue weighted by Crippen LogP contribution is -2.09. The lowest BCUT2D eigenvalue weighted by atomic mass is 10.2. The van der Waals surface area contributed by atoms with Crippen LogP contribution < -0.4 is 10.6 Å². The summed E-state index contributed by atoms with van der Waals surface area (Å²) in [7, 11) is 0. The first-order valence-electron chi connectivity index (χ1n) is 4.04. The minimum Gasteiger partial charge on any atom is -0.399 e. The smallest absolute Gasteiger partial charge is 0.221 e. The van der Waals surface area contributed by atoms with E-state index in [0.717, 1.165) is 16.8 Å². The third-order valence-corrected chi connectivity index (χ3v) is 1.73. The Morgan fingerprint density at radius 2 is 2.00 bits per heavy atom. The maximum Gasteiger partial charge on any atom is 0.221 e. The van der Waals surface area contributed by atoms with E-state index in [2.05, 4.69) is 26.9 Å².